The molecule has 0 fully saturated rings. The number of allylic oxidation sites excluding steroid dienone is 10. The maximum Gasteiger partial charge on any atom is 2.00 e. The molecule has 122 valence electrons. The number of halogens is 2. The zero-order chi connectivity index (χ0) is 14.1. The van der Waals surface area contributed by atoms with Crippen LogP contribution in [0.5, 0.6) is 0 Å². The van der Waals surface area contributed by atoms with Crippen molar-refractivity contribution in [3.63, 3.8) is 0 Å². The van der Waals surface area contributed by atoms with Crippen LogP contribution < -0.4 is 24.8 Å². The molecule has 0 amide bonds. The van der Waals surface area contributed by atoms with Gasteiger partial charge in [-0.15, -0.1) is 12.8 Å². The number of hydrogen-bond acceptors (Lipinski definition) is 0. The first-order valence-electron chi connectivity index (χ1n) is 6.04. The Morgan fingerprint density at radius 2 is 1.08 bits per heavy atom. The minimum atomic E-state index is 0. The van der Waals surface area contributed by atoms with E-state index in [9.17, 15) is 0 Å². The Bertz CT molecular complexity index is 354. The fourth-order valence-electron chi connectivity index (χ4n) is 1.01. The van der Waals surface area contributed by atoms with Gasteiger partial charge in [0.2, 0.25) is 0 Å². The molecule has 0 nitrogen and oxygen atoms in total. The first-order valence-corrected chi connectivity index (χ1v) is 20.5. The van der Waals surface area contributed by atoms with Crippen LogP contribution in [0.25, 0.3) is 0 Å². The average molecular weight is 759 g/mol. The second kappa shape index (κ2) is 30.5. The van der Waals surface area contributed by atoms with Gasteiger partial charge in [-0.1, -0.05) is 0 Å². The zero-order valence-electron chi connectivity index (χ0n) is 12.7. The Hall–Kier alpha value is 2.76. The molecule has 0 N–H and O–H groups in total. The number of hydrogen-bond donors (Lipinski definition) is 0. The van der Waals surface area contributed by atoms with E-state index in [4.69, 9.17) is 0 Å². The average Bonchev–Trinajstić information content (AvgIpc) is 3.40. The van der Waals surface area contributed by atoms with E-state index < -0.39 is 0 Å². The van der Waals surface area contributed by atoms with Crippen LogP contribution in [-0.2, 0) is 52.4 Å². The molecule has 0 saturated heterocycles. The summed E-state index contributed by atoms with van der Waals surface area (Å²) in [6.45, 7) is 0. The van der Waals surface area contributed by atoms with E-state index in [2.05, 4.69) is 55.8 Å². The molecule has 4 rings (SSSR count). The normalized spacial score (nSPS) is 18.0. The third kappa shape index (κ3) is 27.0. The molecule has 0 saturated carbocycles. The fourth-order valence-corrected chi connectivity index (χ4v) is 9.68. The van der Waals surface area contributed by atoms with Crippen LogP contribution in [0.3, 0.4) is 0 Å². The largest absolute Gasteiger partial charge is 2.00 e. The summed E-state index contributed by atoms with van der Waals surface area (Å²) in [6, 6.07) is 0. The van der Waals surface area contributed by atoms with Crippen molar-refractivity contribution >= 4 is 63.5 Å². The molecule has 0 aromatic rings. The van der Waals surface area contributed by atoms with Crippen molar-refractivity contribution in [1.29, 1.82) is 0 Å². The van der Waals surface area contributed by atoms with Gasteiger partial charge >= 0.3 is 138 Å². The van der Waals surface area contributed by atoms with Crippen molar-refractivity contribution in [3.05, 3.63) is 70.5 Å². The Kier molecular flexibility index (Phi) is 43.5. The summed E-state index contributed by atoms with van der Waals surface area (Å²) in [6.07, 6.45) is 24.1. The van der Waals surface area contributed by atoms with Gasteiger partial charge in [-0.2, -0.15) is 12.2 Å². The van der Waals surface area contributed by atoms with Gasteiger partial charge in [0.15, 0.2) is 0 Å². The van der Waals surface area contributed by atoms with Crippen molar-refractivity contribution in [2.45, 2.75) is 12.8 Å². The SMILES string of the molecule is [C-]1=CC=CC1.[C-]1=CC=CC1.[C-]1=[As][As]C=C1.[C-]1=[As][As]C=C1.[Cl-].[Cl-].[Zr+2].[Zr+2]. The van der Waals surface area contributed by atoms with Crippen LogP contribution in [0.4, 0.5) is 0 Å². The molecular formula is C16H14As4Cl2Zr2-2. The molecule has 0 bridgehead atoms. The quantitative estimate of drug-likeness (QED) is 0.173. The molecule has 0 aromatic carbocycles. The predicted octanol–water partition coefficient (Wildman–Crippen LogP) is -4.35. The Morgan fingerprint density at radius 1 is 0.667 bits per heavy atom. The molecular weight excluding hydrogens is 745 g/mol. The summed E-state index contributed by atoms with van der Waals surface area (Å²) in [5.74, 6) is 0. The molecule has 0 atom stereocenters. The van der Waals surface area contributed by atoms with Crippen LogP contribution in [0.15, 0.2) is 58.3 Å². The first-order chi connectivity index (χ1) is 10.0. The Labute approximate surface area is 220 Å². The van der Waals surface area contributed by atoms with Crippen molar-refractivity contribution in [2.75, 3.05) is 0 Å². The van der Waals surface area contributed by atoms with Gasteiger partial charge in [-0.25, -0.2) is 24.3 Å². The van der Waals surface area contributed by atoms with Crippen LogP contribution >= 0.6 is 0 Å². The van der Waals surface area contributed by atoms with E-state index in [-0.39, 0.29) is 77.2 Å². The van der Waals surface area contributed by atoms with E-state index >= 15 is 0 Å². The summed E-state index contributed by atoms with van der Waals surface area (Å²) in [5, 5.41) is 0. The second-order valence-electron chi connectivity index (χ2n) is 3.33. The zero-order valence-corrected chi connectivity index (χ0v) is 26.7. The maximum absolute atomic E-state index is 3.18. The van der Waals surface area contributed by atoms with Crippen LogP contribution in [-0.4, -0.2) is 63.5 Å². The summed E-state index contributed by atoms with van der Waals surface area (Å²) >= 11 is 2.49. The molecule has 2 radical (unpaired) electrons. The Morgan fingerprint density at radius 3 is 1.17 bits per heavy atom. The first kappa shape index (κ1) is 34.3. The minimum Gasteiger partial charge on any atom is -1.00 e. The van der Waals surface area contributed by atoms with Crippen molar-refractivity contribution < 1.29 is 77.2 Å². The summed E-state index contributed by atoms with van der Waals surface area (Å²) in [4.78, 5) is 10.9. The van der Waals surface area contributed by atoms with Crippen molar-refractivity contribution in [2.24, 2.45) is 0 Å². The van der Waals surface area contributed by atoms with E-state index in [1.807, 2.05) is 24.3 Å². The van der Waals surface area contributed by atoms with Gasteiger partial charge in [0, 0.05) is 0 Å². The molecule has 0 unspecified atom stereocenters. The smallest absolute Gasteiger partial charge is 1.00 e. The minimum absolute atomic E-state index is 0. The van der Waals surface area contributed by atoms with Crippen LogP contribution in [0.2, 0.25) is 0 Å². The van der Waals surface area contributed by atoms with Gasteiger partial charge < -0.3 is 24.8 Å². The molecule has 2 aliphatic heterocycles. The molecule has 8 heteroatoms. The molecule has 24 heavy (non-hydrogen) atoms. The maximum atomic E-state index is 3.18. The van der Waals surface area contributed by atoms with E-state index in [1.165, 1.54) is 0 Å². The van der Waals surface area contributed by atoms with Gasteiger partial charge in [-0.05, 0) is 0 Å². The summed E-state index contributed by atoms with van der Waals surface area (Å²) in [7, 11) is 0. The van der Waals surface area contributed by atoms with Crippen molar-refractivity contribution in [3.8, 4) is 0 Å². The third-order valence-electron chi connectivity index (χ3n) is 1.83. The molecule has 0 aromatic heterocycles. The summed E-state index contributed by atoms with van der Waals surface area (Å²) < 4.78 is 0. The standard InChI is InChI=1S/2C5H5.2C3H2As2.2ClH.2Zr/c4*1-2-4-5-3-1;;;;/h2*1-3H,4H2;2*1-2H;2*1H;;/q4*-1;;;2*+2/p-2. The molecule has 4 aliphatic rings. The van der Waals surface area contributed by atoms with Gasteiger partial charge in [0.05, 0.1) is 0 Å². The van der Waals surface area contributed by atoms with Gasteiger partial charge in [0.25, 0.3) is 0 Å². The van der Waals surface area contributed by atoms with Crippen molar-refractivity contribution in [1.82, 2.24) is 0 Å². The fraction of sp³-hybridized carbons (Fsp3) is 0.125. The number of rotatable bonds is 0. The van der Waals surface area contributed by atoms with Crippen LogP contribution in [0.1, 0.15) is 12.8 Å². The molecule has 0 spiro atoms. The molecule has 2 aliphatic carbocycles. The Balaban J connectivity index is -0.000000105. The monoisotopic (exact) mass is 756 g/mol. The molecule has 2 heterocycles. The predicted molar refractivity (Wildman–Crippen MR) is 94.5 cm³/mol. The third-order valence-corrected chi connectivity index (χ3v) is 12.6. The van der Waals surface area contributed by atoms with E-state index in [0.717, 1.165) is 12.8 Å². The van der Waals surface area contributed by atoms with Gasteiger partial charge in [0.1, 0.15) is 0 Å². The topological polar surface area (TPSA) is 0 Å². The van der Waals surface area contributed by atoms with E-state index in [0.29, 0.717) is 53.9 Å². The summed E-state index contributed by atoms with van der Waals surface area (Å²) in [5.41, 5.74) is 0. The van der Waals surface area contributed by atoms with E-state index in [1.54, 1.807) is 0 Å². The van der Waals surface area contributed by atoms with Gasteiger partial charge in [-0.3, -0.25) is 12.2 Å². The van der Waals surface area contributed by atoms with Crippen LogP contribution in [0, 0.1) is 12.2 Å². The second-order valence-corrected chi connectivity index (χ2v) is 16.9.